The molecule has 1 saturated carbocycles. The summed E-state index contributed by atoms with van der Waals surface area (Å²) >= 11 is 0. The summed E-state index contributed by atoms with van der Waals surface area (Å²) in [4.78, 5) is 2.37. The second-order valence-corrected chi connectivity index (χ2v) is 5.57. The van der Waals surface area contributed by atoms with E-state index in [9.17, 15) is 0 Å². The van der Waals surface area contributed by atoms with Gasteiger partial charge < -0.3 is 15.4 Å². The second-order valence-electron chi connectivity index (χ2n) is 5.57. The van der Waals surface area contributed by atoms with Gasteiger partial charge >= 0.3 is 0 Å². The molecule has 1 heterocycles. The average Bonchev–Trinajstić information content (AvgIpc) is 2.87. The minimum Gasteiger partial charge on any atom is -0.370 e. The van der Waals surface area contributed by atoms with Crippen LogP contribution in [-0.4, -0.2) is 43.3 Å². The molecule has 94 valence electrons. The molecule has 2 N–H and O–H groups in total. The molecule has 1 spiro atoms. The van der Waals surface area contributed by atoms with E-state index in [0.29, 0.717) is 11.7 Å². The number of likely N-dealkylation sites (N-methyl/N-ethyl adjacent to an activating group) is 1. The molecule has 1 aliphatic heterocycles. The molecule has 2 rings (SSSR count). The van der Waals surface area contributed by atoms with Crippen LogP contribution in [0.3, 0.4) is 0 Å². The van der Waals surface area contributed by atoms with Crippen LogP contribution in [0.4, 0.5) is 0 Å². The summed E-state index contributed by atoms with van der Waals surface area (Å²) in [5.74, 6) is 0. The lowest BCUT2D eigenvalue weighted by molar-refractivity contribution is -0.0450. The number of ether oxygens (including phenoxy) is 1. The molecule has 0 amide bonds. The van der Waals surface area contributed by atoms with Crippen molar-refractivity contribution >= 4 is 0 Å². The highest BCUT2D eigenvalue weighted by molar-refractivity contribution is 4.93. The van der Waals surface area contributed by atoms with E-state index in [0.717, 1.165) is 26.1 Å². The van der Waals surface area contributed by atoms with Gasteiger partial charge in [0.1, 0.15) is 0 Å². The summed E-state index contributed by atoms with van der Waals surface area (Å²) in [6, 6.07) is 0. The van der Waals surface area contributed by atoms with Crippen molar-refractivity contribution in [2.75, 3.05) is 26.7 Å². The van der Waals surface area contributed by atoms with E-state index in [-0.39, 0.29) is 0 Å². The maximum Gasteiger partial charge on any atom is 0.0710 e. The van der Waals surface area contributed by atoms with E-state index < -0.39 is 0 Å². The molecule has 2 aliphatic rings. The predicted molar refractivity (Wildman–Crippen MR) is 66.5 cm³/mol. The zero-order valence-electron chi connectivity index (χ0n) is 10.6. The van der Waals surface area contributed by atoms with Crippen molar-refractivity contribution in [2.24, 2.45) is 5.73 Å². The summed E-state index contributed by atoms with van der Waals surface area (Å²) < 4.78 is 6.29. The van der Waals surface area contributed by atoms with Gasteiger partial charge in [0, 0.05) is 6.54 Å². The van der Waals surface area contributed by atoms with Crippen molar-refractivity contribution in [2.45, 2.75) is 56.7 Å². The minimum atomic E-state index is 0.291. The monoisotopic (exact) mass is 226 g/mol. The third-order valence-electron chi connectivity index (χ3n) is 4.11. The van der Waals surface area contributed by atoms with Crippen LogP contribution in [0.15, 0.2) is 0 Å². The number of rotatable bonds is 5. The molecule has 1 aliphatic carbocycles. The first kappa shape index (κ1) is 12.3. The Kier molecular flexibility index (Phi) is 4.22. The van der Waals surface area contributed by atoms with Gasteiger partial charge in [-0.3, -0.25) is 0 Å². The van der Waals surface area contributed by atoms with Crippen molar-refractivity contribution in [3.63, 3.8) is 0 Å². The quantitative estimate of drug-likeness (QED) is 0.776. The van der Waals surface area contributed by atoms with E-state index in [1.165, 1.54) is 38.5 Å². The van der Waals surface area contributed by atoms with Gasteiger partial charge in [0.05, 0.1) is 11.7 Å². The lowest BCUT2D eigenvalue weighted by Gasteiger charge is -2.26. The highest BCUT2D eigenvalue weighted by Crippen LogP contribution is 2.43. The SMILES string of the molecule is CN(CCCN)CC1CCC2(CCCC2)O1. The Balaban J connectivity index is 1.72. The van der Waals surface area contributed by atoms with E-state index in [4.69, 9.17) is 10.5 Å². The van der Waals surface area contributed by atoms with Crippen molar-refractivity contribution in [3.05, 3.63) is 0 Å². The van der Waals surface area contributed by atoms with E-state index in [1.807, 2.05) is 0 Å². The fourth-order valence-electron chi connectivity index (χ4n) is 3.21. The topological polar surface area (TPSA) is 38.5 Å². The fourth-order valence-corrected chi connectivity index (χ4v) is 3.21. The molecule has 0 aromatic heterocycles. The van der Waals surface area contributed by atoms with Crippen LogP contribution in [-0.2, 0) is 4.74 Å². The van der Waals surface area contributed by atoms with Gasteiger partial charge in [0.25, 0.3) is 0 Å². The molecule has 0 aromatic rings. The number of hydrogen-bond acceptors (Lipinski definition) is 3. The molecule has 1 saturated heterocycles. The largest absolute Gasteiger partial charge is 0.370 e. The number of nitrogens with two attached hydrogens (primary N) is 1. The van der Waals surface area contributed by atoms with Crippen LogP contribution < -0.4 is 5.73 Å². The Hall–Kier alpha value is -0.120. The Morgan fingerprint density at radius 1 is 1.31 bits per heavy atom. The van der Waals surface area contributed by atoms with Crippen LogP contribution >= 0.6 is 0 Å². The van der Waals surface area contributed by atoms with Crippen LogP contribution in [0, 0.1) is 0 Å². The molecule has 0 bridgehead atoms. The minimum absolute atomic E-state index is 0.291. The van der Waals surface area contributed by atoms with Gasteiger partial charge in [-0.25, -0.2) is 0 Å². The highest BCUT2D eigenvalue weighted by Gasteiger charge is 2.42. The molecule has 3 nitrogen and oxygen atoms in total. The zero-order chi connectivity index (χ0) is 11.4. The Morgan fingerprint density at radius 3 is 2.75 bits per heavy atom. The van der Waals surface area contributed by atoms with E-state index in [2.05, 4.69) is 11.9 Å². The molecular formula is C13H26N2O. The molecule has 1 atom stereocenters. The lowest BCUT2D eigenvalue weighted by atomic mass is 9.98. The van der Waals surface area contributed by atoms with Crippen molar-refractivity contribution in [1.29, 1.82) is 0 Å². The summed E-state index contributed by atoms with van der Waals surface area (Å²) in [5, 5.41) is 0. The van der Waals surface area contributed by atoms with Crippen LogP contribution in [0.25, 0.3) is 0 Å². The molecule has 0 radical (unpaired) electrons. The van der Waals surface area contributed by atoms with Gasteiger partial charge in [-0.2, -0.15) is 0 Å². The summed E-state index contributed by atoms with van der Waals surface area (Å²) in [6.07, 6.45) is 9.46. The normalized spacial score (nSPS) is 28.3. The molecule has 3 heteroatoms. The average molecular weight is 226 g/mol. The highest BCUT2D eigenvalue weighted by atomic mass is 16.5. The van der Waals surface area contributed by atoms with Gasteiger partial charge in [0.15, 0.2) is 0 Å². The van der Waals surface area contributed by atoms with Crippen molar-refractivity contribution < 1.29 is 4.74 Å². The molecule has 0 aromatic carbocycles. The fraction of sp³-hybridized carbons (Fsp3) is 1.00. The van der Waals surface area contributed by atoms with Crippen LogP contribution in [0.5, 0.6) is 0 Å². The van der Waals surface area contributed by atoms with Crippen molar-refractivity contribution in [1.82, 2.24) is 4.90 Å². The summed E-state index contributed by atoms with van der Waals surface area (Å²) in [5.41, 5.74) is 5.81. The molecule has 16 heavy (non-hydrogen) atoms. The first-order valence-electron chi connectivity index (χ1n) is 6.80. The maximum atomic E-state index is 6.29. The van der Waals surface area contributed by atoms with E-state index >= 15 is 0 Å². The lowest BCUT2D eigenvalue weighted by Crippen LogP contribution is -2.33. The van der Waals surface area contributed by atoms with E-state index in [1.54, 1.807) is 0 Å². The maximum absolute atomic E-state index is 6.29. The van der Waals surface area contributed by atoms with Crippen molar-refractivity contribution in [3.8, 4) is 0 Å². The first-order chi connectivity index (χ1) is 7.74. The Bertz CT molecular complexity index is 214. The van der Waals surface area contributed by atoms with Gasteiger partial charge in [0.2, 0.25) is 0 Å². The van der Waals surface area contributed by atoms with Gasteiger partial charge in [-0.05, 0) is 52.2 Å². The Morgan fingerprint density at radius 2 is 2.06 bits per heavy atom. The molecule has 2 fully saturated rings. The Labute approximate surface area is 99.3 Å². The third kappa shape index (κ3) is 2.96. The van der Waals surface area contributed by atoms with Crippen LogP contribution in [0.2, 0.25) is 0 Å². The van der Waals surface area contributed by atoms with Gasteiger partial charge in [-0.15, -0.1) is 0 Å². The molecule has 1 unspecified atom stereocenters. The third-order valence-corrected chi connectivity index (χ3v) is 4.11. The second kappa shape index (κ2) is 5.48. The summed E-state index contributed by atoms with van der Waals surface area (Å²) in [6.45, 7) is 2.98. The number of nitrogens with zero attached hydrogens (tertiary/aromatic N) is 1. The number of hydrogen-bond donors (Lipinski definition) is 1. The van der Waals surface area contributed by atoms with Gasteiger partial charge in [-0.1, -0.05) is 12.8 Å². The molecular weight excluding hydrogens is 200 g/mol. The predicted octanol–water partition coefficient (Wildman–Crippen LogP) is 1.76. The van der Waals surface area contributed by atoms with Crippen LogP contribution in [0.1, 0.15) is 44.9 Å². The standard InChI is InChI=1S/C13H26N2O/c1-15(10-4-9-14)11-12-5-8-13(16-12)6-2-3-7-13/h12H,2-11,14H2,1H3. The smallest absolute Gasteiger partial charge is 0.0710 e. The summed E-state index contributed by atoms with van der Waals surface area (Å²) in [7, 11) is 2.18. The zero-order valence-corrected chi connectivity index (χ0v) is 10.6. The first-order valence-corrected chi connectivity index (χ1v) is 6.80.